The number of benzene rings is 1. The topological polar surface area (TPSA) is 105 Å². The minimum Gasteiger partial charge on any atom is -0.393 e. The van der Waals surface area contributed by atoms with Gasteiger partial charge < -0.3 is 10.5 Å². The lowest BCUT2D eigenvalue weighted by atomic mass is 10.1. The smallest absolute Gasteiger partial charge is 0.292 e. The average Bonchev–Trinajstić information content (AvgIpc) is 2.41. The normalized spacial score (nSPS) is 19.8. The van der Waals surface area contributed by atoms with Crippen LogP contribution in [0.5, 0.6) is 0 Å². The zero-order valence-electron chi connectivity index (χ0n) is 10.3. The van der Waals surface area contributed by atoms with Crippen molar-refractivity contribution in [3.63, 3.8) is 0 Å². The van der Waals surface area contributed by atoms with E-state index in [2.05, 4.69) is 6.07 Å². The van der Waals surface area contributed by atoms with Gasteiger partial charge in [0.1, 0.15) is 5.69 Å². The predicted octanol–water partition coefficient (Wildman–Crippen LogP) is 0.901. The van der Waals surface area contributed by atoms with Gasteiger partial charge in [-0.1, -0.05) is 12.1 Å². The summed E-state index contributed by atoms with van der Waals surface area (Å²) in [6.07, 6.45) is -0.450. The second-order valence-electron chi connectivity index (χ2n) is 4.33. The van der Waals surface area contributed by atoms with Crippen LogP contribution >= 0.6 is 0 Å². The minimum atomic E-state index is -0.490. The number of nitro groups is 1. The average molecular weight is 262 g/mol. The largest absolute Gasteiger partial charge is 0.393 e. The number of ether oxygens (including phenoxy) is 1. The van der Waals surface area contributed by atoms with Crippen LogP contribution in [0.4, 0.5) is 11.4 Å². The molecule has 2 rings (SSSR count). The number of nitrogens with two attached hydrogens (primary N) is 1. The van der Waals surface area contributed by atoms with Crippen LogP contribution in [0.3, 0.4) is 0 Å². The summed E-state index contributed by atoms with van der Waals surface area (Å²) in [5.41, 5.74) is 6.61. The van der Waals surface area contributed by atoms with Gasteiger partial charge in [0.2, 0.25) is 0 Å². The van der Waals surface area contributed by atoms with E-state index in [4.69, 9.17) is 15.7 Å². The number of para-hydroxylation sites is 1. The molecule has 1 fully saturated rings. The van der Waals surface area contributed by atoms with Crippen LogP contribution < -0.4 is 5.73 Å². The molecule has 1 aliphatic heterocycles. The molecule has 0 spiro atoms. The van der Waals surface area contributed by atoms with Crippen molar-refractivity contribution in [2.45, 2.75) is 12.6 Å². The second kappa shape index (κ2) is 5.65. The van der Waals surface area contributed by atoms with E-state index in [9.17, 15) is 10.1 Å². The SMILES string of the molecule is N#CC1CN(Cc2cccc([N+](=O)[O-])c2N)CCO1. The van der Waals surface area contributed by atoms with E-state index in [1.807, 2.05) is 4.90 Å². The van der Waals surface area contributed by atoms with Gasteiger partial charge in [-0.2, -0.15) is 5.26 Å². The summed E-state index contributed by atoms with van der Waals surface area (Å²) in [6.45, 7) is 2.13. The molecule has 1 aliphatic rings. The van der Waals surface area contributed by atoms with E-state index >= 15 is 0 Å². The van der Waals surface area contributed by atoms with Crippen LogP contribution in [0.2, 0.25) is 0 Å². The standard InChI is InChI=1S/C12H14N4O3/c13-6-10-8-15(4-5-19-10)7-9-2-1-3-11(12(9)14)16(17)18/h1-3,10H,4-5,7-8,14H2. The second-order valence-corrected chi connectivity index (χ2v) is 4.33. The van der Waals surface area contributed by atoms with Crippen molar-refractivity contribution in [1.82, 2.24) is 4.90 Å². The highest BCUT2D eigenvalue weighted by Gasteiger charge is 2.22. The lowest BCUT2D eigenvalue weighted by Gasteiger charge is -2.29. The molecule has 7 heteroatoms. The van der Waals surface area contributed by atoms with E-state index in [0.717, 1.165) is 0 Å². The van der Waals surface area contributed by atoms with Gasteiger partial charge in [0.05, 0.1) is 17.6 Å². The minimum absolute atomic E-state index is 0.0809. The first kappa shape index (κ1) is 13.3. The van der Waals surface area contributed by atoms with Gasteiger partial charge in [-0.3, -0.25) is 15.0 Å². The van der Waals surface area contributed by atoms with E-state index in [-0.39, 0.29) is 11.4 Å². The monoisotopic (exact) mass is 262 g/mol. The van der Waals surface area contributed by atoms with Gasteiger partial charge in [-0.25, -0.2) is 0 Å². The van der Waals surface area contributed by atoms with Crippen molar-refractivity contribution in [3.05, 3.63) is 33.9 Å². The van der Waals surface area contributed by atoms with Crippen LogP contribution in [0.25, 0.3) is 0 Å². The van der Waals surface area contributed by atoms with Crippen molar-refractivity contribution >= 4 is 11.4 Å². The number of morpholine rings is 1. The summed E-state index contributed by atoms with van der Waals surface area (Å²) >= 11 is 0. The summed E-state index contributed by atoms with van der Waals surface area (Å²) < 4.78 is 5.24. The Morgan fingerprint density at radius 3 is 3.11 bits per heavy atom. The number of nitrogens with zero attached hydrogens (tertiary/aromatic N) is 3. The first-order valence-corrected chi connectivity index (χ1v) is 5.87. The van der Waals surface area contributed by atoms with Crippen LogP contribution in [0.15, 0.2) is 18.2 Å². The van der Waals surface area contributed by atoms with E-state index in [1.165, 1.54) is 6.07 Å². The lowest BCUT2D eigenvalue weighted by Crippen LogP contribution is -2.41. The fourth-order valence-corrected chi connectivity index (χ4v) is 2.06. The third kappa shape index (κ3) is 2.99. The Morgan fingerprint density at radius 1 is 1.63 bits per heavy atom. The first-order chi connectivity index (χ1) is 9.11. The van der Waals surface area contributed by atoms with Crippen molar-refractivity contribution in [3.8, 4) is 6.07 Å². The van der Waals surface area contributed by atoms with Crippen LogP contribution in [0, 0.1) is 21.4 Å². The van der Waals surface area contributed by atoms with Crippen molar-refractivity contribution in [1.29, 1.82) is 5.26 Å². The number of hydrogen-bond acceptors (Lipinski definition) is 6. The number of rotatable bonds is 3. The summed E-state index contributed by atoms with van der Waals surface area (Å²) in [5, 5.41) is 19.6. The molecule has 1 heterocycles. The van der Waals surface area contributed by atoms with Crippen molar-refractivity contribution < 1.29 is 9.66 Å². The van der Waals surface area contributed by atoms with Gasteiger partial charge >= 0.3 is 0 Å². The maximum absolute atomic E-state index is 10.8. The molecule has 1 aromatic carbocycles. The number of nitriles is 1. The zero-order valence-corrected chi connectivity index (χ0v) is 10.3. The van der Waals surface area contributed by atoms with E-state index < -0.39 is 11.0 Å². The molecule has 1 saturated heterocycles. The molecular formula is C12H14N4O3. The van der Waals surface area contributed by atoms with Gasteiger partial charge in [0.15, 0.2) is 6.10 Å². The highest BCUT2D eigenvalue weighted by molar-refractivity contribution is 5.62. The molecule has 1 unspecified atom stereocenters. The molecule has 1 atom stereocenters. The van der Waals surface area contributed by atoms with Gasteiger partial charge in [-0.15, -0.1) is 0 Å². The molecule has 19 heavy (non-hydrogen) atoms. The Balaban J connectivity index is 2.13. The van der Waals surface area contributed by atoms with Crippen LogP contribution in [-0.4, -0.2) is 35.6 Å². The predicted molar refractivity (Wildman–Crippen MR) is 68.1 cm³/mol. The van der Waals surface area contributed by atoms with Gasteiger partial charge in [0.25, 0.3) is 5.69 Å². The molecule has 0 amide bonds. The van der Waals surface area contributed by atoms with E-state index in [1.54, 1.807) is 12.1 Å². The summed E-state index contributed by atoms with van der Waals surface area (Å²) in [6, 6.07) is 6.83. The Hall–Kier alpha value is -2.17. The van der Waals surface area contributed by atoms with Crippen LogP contribution in [-0.2, 0) is 11.3 Å². The zero-order chi connectivity index (χ0) is 13.8. The highest BCUT2D eigenvalue weighted by Crippen LogP contribution is 2.26. The number of nitro benzene ring substituents is 1. The Bertz CT molecular complexity index is 526. The molecule has 0 aromatic heterocycles. The van der Waals surface area contributed by atoms with Crippen LogP contribution in [0.1, 0.15) is 5.56 Å². The molecule has 0 aliphatic carbocycles. The molecule has 0 radical (unpaired) electrons. The summed E-state index contributed by atoms with van der Waals surface area (Å²) in [4.78, 5) is 12.3. The number of nitrogen functional groups attached to an aromatic ring is 1. The summed E-state index contributed by atoms with van der Waals surface area (Å²) in [5.74, 6) is 0. The third-order valence-corrected chi connectivity index (χ3v) is 3.06. The first-order valence-electron chi connectivity index (χ1n) is 5.87. The van der Waals surface area contributed by atoms with Crippen molar-refractivity contribution in [2.75, 3.05) is 25.4 Å². The Kier molecular flexibility index (Phi) is 3.94. The molecule has 2 N–H and O–H groups in total. The quantitative estimate of drug-likeness (QED) is 0.493. The van der Waals surface area contributed by atoms with Gasteiger partial charge in [0, 0.05) is 25.7 Å². The maximum atomic E-state index is 10.8. The number of hydrogen-bond donors (Lipinski definition) is 1. The molecular weight excluding hydrogens is 248 g/mol. The Labute approximate surface area is 110 Å². The lowest BCUT2D eigenvalue weighted by molar-refractivity contribution is -0.384. The highest BCUT2D eigenvalue weighted by atomic mass is 16.6. The van der Waals surface area contributed by atoms with E-state index in [0.29, 0.717) is 31.8 Å². The fraction of sp³-hybridized carbons (Fsp3) is 0.417. The molecule has 0 saturated carbocycles. The third-order valence-electron chi connectivity index (χ3n) is 3.06. The van der Waals surface area contributed by atoms with Crippen molar-refractivity contribution in [2.24, 2.45) is 0 Å². The van der Waals surface area contributed by atoms with Gasteiger partial charge in [-0.05, 0) is 5.56 Å². The number of anilines is 1. The fourth-order valence-electron chi connectivity index (χ4n) is 2.06. The maximum Gasteiger partial charge on any atom is 0.292 e. The Morgan fingerprint density at radius 2 is 2.42 bits per heavy atom. The summed E-state index contributed by atoms with van der Waals surface area (Å²) in [7, 11) is 0. The molecule has 7 nitrogen and oxygen atoms in total. The molecule has 100 valence electrons. The molecule has 0 bridgehead atoms. The molecule has 1 aromatic rings.